The van der Waals surface area contributed by atoms with Gasteiger partial charge in [-0.1, -0.05) is 27.7 Å². The van der Waals surface area contributed by atoms with Gasteiger partial charge in [0.05, 0.1) is 10.7 Å². The summed E-state index contributed by atoms with van der Waals surface area (Å²) in [4.78, 5) is 6.52. The van der Waals surface area contributed by atoms with Gasteiger partial charge < -0.3 is 5.32 Å². The standard InChI is InChI=1S/C15H26N2S/c1-5-11(4)15-17-14-12(9-16-10(2)3)7-6-8-13(14)18-15/h10-12,16H,5-9H2,1-4H3. The Morgan fingerprint density at radius 2 is 2.17 bits per heavy atom. The van der Waals surface area contributed by atoms with Crippen LogP contribution in [-0.2, 0) is 6.42 Å². The monoisotopic (exact) mass is 266 g/mol. The highest BCUT2D eigenvalue weighted by Gasteiger charge is 2.25. The van der Waals surface area contributed by atoms with Gasteiger partial charge in [-0.25, -0.2) is 4.98 Å². The lowest BCUT2D eigenvalue weighted by Crippen LogP contribution is -2.29. The summed E-state index contributed by atoms with van der Waals surface area (Å²) >= 11 is 1.97. The quantitative estimate of drug-likeness (QED) is 0.869. The zero-order chi connectivity index (χ0) is 13.1. The van der Waals surface area contributed by atoms with Gasteiger partial charge in [0.2, 0.25) is 0 Å². The van der Waals surface area contributed by atoms with E-state index in [1.54, 1.807) is 4.88 Å². The number of aromatic nitrogens is 1. The van der Waals surface area contributed by atoms with Crippen molar-refractivity contribution in [3.05, 3.63) is 15.6 Å². The molecule has 1 aliphatic carbocycles. The normalized spacial score (nSPS) is 21.1. The summed E-state index contributed by atoms with van der Waals surface area (Å²) in [6.45, 7) is 10.1. The molecule has 0 bridgehead atoms. The van der Waals surface area contributed by atoms with Crippen LogP contribution in [0.3, 0.4) is 0 Å². The first kappa shape index (κ1) is 14.0. The summed E-state index contributed by atoms with van der Waals surface area (Å²) < 4.78 is 0. The molecule has 3 heteroatoms. The lowest BCUT2D eigenvalue weighted by atomic mass is 9.91. The van der Waals surface area contributed by atoms with Crippen LogP contribution in [0.5, 0.6) is 0 Å². The topological polar surface area (TPSA) is 24.9 Å². The van der Waals surface area contributed by atoms with Crippen molar-refractivity contribution in [3.63, 3.8) is 0 Å². The number of aryl methyl sites for hydroxylation is 1. The molecule has 1 heterocycles. The first-order valence-corrected chi connectivity index (χ1v) is 8.16. The first-order valence-electron chi connectivity index (χ1n) is 7.34. The SMILES string of the molecule is CCC(C)c1nc2c(s1)CCCC2CNC(C)C. The number of thiazole rings is 1. The third-order valence-electron chi connectivity index (χ3n) is 3.89. The van der Waals surface area contributed by atoms with Crippen LogP contribution < -0.4 is 5.32 Å². The second kappa shape index (κ2) is 6.16. The van der Waals surface area contributed by atoms with E-state index < -0.39 is 0 Å². The molecule has 2 unspecified atom stereocenters. The molecule has 102 valence electrons. The second-order valence-corrected chi connectivity index (χ2v) is 6.94. The maximum Gasteiger partial charge on any atom is 0.0959 e. The minimum absolute atomic E-state index is 0.572. The van der Waals surface area contributed by atoms with Crippen LogP contribution >= 0.6 is 11.3 Å². The van der Waals surface area contributed by atoms with Crippen molar-refractivity contribution in [1.29, 1.82) is 0 Å². The van der Waals surface area contributed by atoms with Crippen molar-refractivity contribution in [2.75, 3.05) is 6.54 Å². The fourth-order valence-electron chi connectivity index (χ4n) is 2.49. The maximum atomic E-state index is 4.96. The molecule has 0 radical (unpaired) electrons. The Kier molecular flexibility index (Phi) is 4.79. The van der Waals surface area contributed by atoms with Crippen LogP contribution in [0, 0.1) is 0 Å². The zero-order valence-electron chi connectivity index (χ0n) is 12.1. The molecule has 1 aliphatic rings. The number of nitrogens with zero attached hydrogens (tertiary/aromatic N) is 1. The van der Waals surface area contributed by atoms with Crippen LogP contribution in [0.1, 0.15) is 74.4 Å². The molecule has 18 heavy (non-hydrogen) atoms. The van der Waals surface area contributed by atoms with Crippen molar-refractivity contribution in [1.82, 2.24) is 10.3 Å². The van der Waals surface area contributed by atoms with Gasteiger partial charge in [-0.2, -0.15) is 0 Å². The van der Waals surface area contributed by atoms with Crippen LogP contribution in [0.25, 0.3) is 0 Å². The first-order chi connectivity index (χ1) is 8.61. The van der Waals surface area contributed by atoms with Gasteiger partial charge in [0.25, 0.3) is 0 Å². The molecule has 0 fully saturated rings. The number of nitrogens with one attached hydrogen (secondary N) is 1. The Balaban J connectivity index is 2.13. The molecule has 0 aromatic carbocycles. The Bertz CT molecular complexity index is 384. The Labute approximate surface area is 115 Å². The molecule has 0 amide bonds. The predicted molar refractivity (Wildman–Crippen MR) is 79.6 cm³/mol. The van der Waals surface area contributed by atoms with E-state index in [0.717, 1.165) is 6.54 Å². The van der Waals surface area contributed by atoms with E-state index in [1.165, 1.54) is 36.4 Å². The fourth-order valence-corrected chi connectivity index (χ4v) is 3.82. The molecule has 0 saturated heterocycles. The van der Waals surface area contributed by atoms with E-state index in [9.17, 15) is 0 Å². The number of fused-ring (bicyclic) bond motifs is 1. The summed E-state index contributed by atoms with van der Waals surface area (Å²) in [5.74, 6) is 1.27. The molecule has 1 N–H and O–H groups in total. The van der Waals surface area contributed by atoms with Gasteiger partial charge in [-0.05, 0) is 25.7 Å². The highest BCUT2D eigenvalue weighted by atomic mass is 32.1. The average Bonchev–Trinajstić information content (AvgIpc) is 2.79. The van der Waals surface area contributed by atoms with Crippen LogP contribution in [0.4, 0.5) is 0 Å². The lowest BCUT2D eigenvalue weighted by Gasteiger charge is -2.22. The average molecular weight is 266 g/mol. The maximum absolute atomic E-state index is 4.96. The van der Waals surface area contributed by atoms with E-state index in [4.69, 9.17) is 4.98 Å². The smallest absolute Gasteiger partial charge is 0.0959 e. The summed E-state index contributed by atoms with van der Waals surface area (Å²) in [5, 5.41) is 4.93. The summed E-state index contributed by atoms with van der Waals surface area (Å²) in [6, 6.07) is 0.572. The third-order valence-corrected chi connectivity index (χ3v) is 5.26. The van der Waals surface area contributed by atoms with Gasteiger partial charge in [0.15, 0.2) is 0 Å². The van der Waals surface area contributed by atoms with Gasteiger partial charge in [0, 0.05) is 29.3 Å². The predicted octanol–water partition coefficient (Wildman–Crippen LogP) is 4.07. The van der Waals surface area contributed by atoms with E-state index in [0.29, 0.717) is 17.9 Å². The Morgan fingerprint density at radius 1 is 1.39 bits per heavy atom. The molecule has 2 nitrogen and oxygen atoms in total. The molecule has 0 aliphatic heterocycles. The Hall–Kier alpha value is -0.410. The molecular weight excluding hydrogens is 240 g/mol. The van der Waals surface area contributed by atoms with E-state index in [2.05, 4.69) is 33.0 Å². The van der Waals surface area contributed by atoms with Crippen LogP contribution in [0.2, 0.25) is 0 Å². The molecule has 2 atom stereocenters. The van der Waals surface area contributed by atoms with Gasteiger partial charge in [-0.3, -0.25) is 0 Å². The summed E-state index contributed by atoms with van der Waals surface area (Å²) in [5.41, 5.74) is 1.41. The fraction of sp³-hybridized carbons (Fsp3) is 0.800. The third kappa shape index (κ3) is 3.12. The molecule has 1 aromatic rings. The van der Waals surface area contributed by atoms with Gasteiger partial charge >= 0.3 is 0 Å². The zero-order valence-corrected chi connectivity index (χ0v) is 12.9. The molecule has 0 spiro atoms. The van der Waals surface area contributed by atoms with E-state index in [-0.39, 0.29) is 0 Å². The van der Waals surface area contributed by atoms with Gasteiger partial charge in [0.1, 0.15) is 0 Å². The van der Waals surface area contributed by atoms with E-state index >= 15 is 0 Å². The molecule has 1 aromatic heterocycles. The van der Waals surface area contributed by atoms with Gasteiger partial charge in [-0.15, -0.1) is 11.3 Å². The van der Waals surface area contributed by atoms with E-state index in [1.807, 2.05) is 11.3 Å². The highest BCUT2D eigenvalue weighted by molar-refractivity contribution is 7.11. The van der Waals surface area contributed by atoms with Crippen LogP contribution in [-0.4, -0.2) is 17.6 Å². The second-order valence-electron chi connectivity index (χ2n) is 5.82. The van der Waals surface area contributed by atoms with Crippen molar-refractivity contribution in [3.8, 4) is 0 Å². The summed E-state index contributed by atoms with van der Waals surface area (Å²) in [7, 11) is 0. The Morgan fingerprint density at radius 3 is 2.83 bits per heavy atom. The molecule has 0 saturated carbocycles. The lowest BCUT2D eigenvalue weighted by molar-refractivity contribution is 0.473. The van der Waals surface area contributed by atoms with Crippen molar-refractivity contribution >= 4 is 11.3 Å². The van der Waals surface area contributed by atoms with Crippen LogP contribution in [0.15, 0.2) is 0 Å². The molecular formula is C15H26N2S. The largest absolute Gasteiger partial charge is 0.314 e. The minimum Gasteiger partial charge on any atom is -0.314 e. The molecule has 2 rings (SSSR count). The summed E-state index contributed by atoms with van der Waals surface area (Å²) in [6.07, 6.45) is 5.08. The number of hydrogen-bond donors (Lipinski definition) is 1. The number of rotatable bonds is 5. The highest BCUT2D eigenvalue weighted by Crippen LogP contribution is 2.37. The van der Waals surface area contributed by atoms with Crippen molar-refractivity contribution < 1.29 is 0 Å². The van der Waals surface area contributed by atoms with Crippen molar-refractivity contribution in [2.45, 2.75) is 71.3 Å². The minimum atomic E-state index is 0.572. The van der Waals surface area contributed by atoms with Crippen molar-refractivity contribution in [2.24, 2.45) is 0 Å². The number of hydrogen-bond acceptors (Lipinski definition) is 3.